The van der Waals surface area contributed by atoms with Crippen molar-refractivity contribution in [3.05, 3.63) is 24.0 Å². The molecule has 0 saturated carbocycles. The Hall–Kier alpha value is -0.920. The summed E-state index contributed by atoms with van der Waals surface area (Å²) in [6, 6.07) is 0. The Labute approximate surface area is 75.3 Å². The van der Waals surface area contributed by atoms with Crippen molar-refractivity contribution >= 4 is 0 Å². The molecule has 0 radical (unpaired) electrons. The first-order valence-corrected chi connectivity index (χ1v) is 4.57. The fourth-order valence-electron chi connectivity index (χ4n) is 1.07. The summed E-state index contributed by atoms with van der Waals surface area (Å²) in [7, 11) is 0. The zero-order valence-corrected chi connectivity index (χ0v) is 7.97. The molecule has 0 aromatic carbocycles. The fraction of sp³-hybridized carbons (Fsp3) is 0.600. The van der Waals surface area contributed by atoms with E-state index < -0.39 is 0 Å². The molecule has 0 aliphatic rings. The van der Waals surface area contributed by atoms with Crippen LogP contribution in [0.25, 0.3) is 0 Å². The third kappa shape index (κ3) is 7.19. The first-order valence-electron chi connectivity index (χ1n) is 4.57. The highest BCUT2D eigenvalue weighted by atomic mass is 14.6. The van der Waals surface area contributed by atoms with Crippen molar-refractivity contribution in [3.63, 3.8) is 0 Å². The number of allylic oxidation sites excluding steroid dienone is 2. The molecule has 4 N–H and O–H groups in total. The van der Waals surface area contributed by atoms with Gasteiger partial charge >= 0.3 is 0 Å². The molecule has 0 aliphatic carbocycles. The Morgan fingerprint density at radius 3 is 2.42 bits per heavy atom. The van der Waals surface area contributed by atoms with Crippen LogP contribution in [-0.2, 0) is 0 Å². The van der Waals surface area contributed by atoms with E-state index in [1.165, 1.54) is 19.3 Å². The normalized spacial score (nSPS) is 11.6. The van der Waals surface area contributed by atoms with Gasteiger partial charge in [-0.05, 0) is 18.9 Å². The van der Waals surface area contributed by atoms with Gasteiger partial charge in [0.2, 0.25) is 0 Å². The zero-order valence-electron chi connectivity index (χ0n) is 7.97. The Kier molecular flexibility index (Phi) is 6.25. The van der Waals surface area contributed by atoms with Gasteiger partial charge in [0, 0.05) is 11.4 Å². The summed E-state index contributed by atoms with van der Waals surface area (Å²) in [5.74, 6) is 0. The molecular formula is C10H20N2. The lowest BCUT2D eigenvalue weighted by atomic mass is 10.1. The molecule has 0 rings (SSSR count). The van der Waals surface area contributed by atoms with Crippen LogP contribution in [0, 0.1) is 0 Å². The van der Waals surface area contributed by atoms with Crippen molar-refractivity contribution in [2.45, 2.75) is 39.0 Å². The maximum atomic E-state index is 5.68. The van der Waals surface area contributed by atoms with Gasteiger partial charge in [-0.2, -0.15) is 0 Å². The topological polar surface area (TPSA) is 52.0 Å². The van der Waals surface area contributed by atoms with Crippen LogP contribution in [0.2, 0.25) is 0 Å². The Morgan fingerprint density at radius 2 is 1.92 bits per heavy atom. The lowest BCUT2D eigenvalue weighted by molar-refractivity contribution is 0.662. The van der Waals surface area contributed by atoms with Crippen LogP contribution < -0.4 is 11.5 Å². The summed E-state index contributed by atoms with van der Waals surface area (Å²) in [5.41, 5.74) is 12.4. The lowest BCUT2D eigenvalue weighted by Crippen LogP contribution is -2.00. The third-order valence-electron chi connectivity index (χ3n) is 1.69. The van der Waals surface area contributed by atoms with Crippen LogP contribution in [0.3, 0.4) is 0 Å². The summed E-state index contributed by atoms with van der Waals surface area (Å²) < 4.78 is 0. The maximum absolute atomic E-state index is 5.68. The number of hydrogen-bond acceptors (Lipinski definition) is 2. The molecule has 0 saturated heterocycles. The number of rotatable bonds is 6. The molecule has 0 bridgehead atoms. The minimum Gasteiger partial charge on any atom is -0.402 e. The first-order chi connectivity index (χ1) is 5.66. The first kappa shape index (κ1) is 11.1. The van der Waals surface area contributed by atoms with Gasteiger partial charge < -0.3 is 11.5 Å². The van der Waals surface area contributed by atoms with Crippen molar-refractivity contribution in [1.29, 1.82) is 0 Å². The molecule has 0 atom stereocenters. The van der Waals surface area contributed by atoms with Gasteiger partial charge in [-0.1, -0.05) is 32.8 Å². The van der Waals surface area contributed by atoms with E-state index in [0.29, 0.717) is 5.70 Å². The summed E-state index contributed by atoms with van der Waals surface area (Å²) in [5, 5.41) is 0. The Balaban J connectivity index is 3.43. The Morgan fingerprint density at radius 1 is 1.25 bits per heavy atom. The molecule has 0 aromatic heterocycles. The number of unbranched alkanes of at least 4 members (excludes halogenated alkanes) is 3. The van der Waals surface area contributed by atoms with Crippen LogP contribution in [0.15, 0.2) is 24.0 Å². The van der Waals surface area contributed by atoms with E-state index in [1.54, 1.807) is 6.08 Å². The van der Waals surface area contributed by atoms with E-state index in [1.807, 2.05) is 0 Å². The molecule has 0 fully saturated rings. The molecule has 0 amide bonds. The van der Waals surface area contributed by atoms with E-state index >= 15 is 0 Å². The summed E-state index contributed by atoms with van der Waals surface area (Å²) in [6.45, 7) is 5.76. The SMILES string of the molecule is C=C(N)C=C(N)CCCCCC. The number of nitrogens with two attached hydrogens (primary N) is 2. The second-order valence-electron chi connectivity index (χ2n) is 3.10. The molecule has 0 spiro atoms. The monoisotopic (exact) mass is 168 g/mol. The van der Waals surface area contributed by atoms with Gasteiger partial charge in [-0.3, -0.25) is 0 Å². The summed E-state index contributed by atoms with van der Waals surface area (Å²) in [6.07, 6.45) is 7.64. The molecule has 0 aromatic rings. The van der Waals surface area contributed by atoms with E-state index in [2.05, 4.69) is 13.5 Å². The number of hydrogen-bond donors (Lipinski definition) is 2. The van der Waals surface area contributed by atoms with Crippen LogP contribution in [0.5, 0.6) is 0 Å². The minimum atomic E-state index is 0.544. The van der Waals surface area contributed by atoms with Gasteiger partial charge in [0.05, 0.1) is 0 Å². The van der Waals surface area contributed by atoms with Crippen LogP contribution in [0.4, 0.5) is 0 Å². The van der Waals surface area contributed by atoms with E-state index in [9.17, 15) is 0 Å². The van der Waals surface area contributed by atoms with Crippen molar-refractivity contribution in [3.8, 4) is 0 Å². The van der Waals surface area contributed by atoms with Gasteiger partial charge in [-0.15, -0.1) is 0 Å². The van der Waals surface area contributed by atoms with Crippen molar-refractivity contribution in [1.82, 2.24) is 0 Å². The fourth-order valence-corrected chi connectivity index (χ4v) is 1.07. The highest BCUT2D eigenvalue weighted by molar-refractivity contribution is 5.15. The largest absolute Gasteiger partial charge is 0.402 e. The average Bonchev–Trinajstić information content (AvgIpc) is 1.97. The summed E-state index contributed by atoms with van der Waals surface area (Å²) >= 11 is 0. The van der Waals surface area contributed by atoms with E-state index in [0.717, 1.165) is 18.5 Å². The highest BCUT2D eigenvalue weighted by Gasteiger charge is 1.91. The quantitative estimate of drug-likeness (QED) is 0.472. The van der Waals surface area contributed by atoms with Gasteiger partial charge in [0.25, 0.3) is 0 Å². The lowest BCUT2D eigenvalue weighted by Gasteiger charge is -2.00. The van der Waals surface area contributed by atoms with Crippen molar-refractivity contribution in [2.24, 2.45) is 11.5 Å². The van der Waals surface area contributed by atoms with Gasteiger partial charge in [0.15, 0.2) is 0 Å². The molecule has 0 aliphatic heterocycles. The Bertz CT molecular complexity index is 159. The maximum Gasteiger partial charge on any atom is 0.0258 e. The minimum absolute atomic E-state index is 0.544. The molecular weight excluding hydrogens is 148 g/mol. The molecule has 2 heteroatoms. The standard InChI is InChI=1S/C10H20N2/c1-3-4-5-6-7-10(12)8-9(2)11/h8H,2-7,11-12H2,1H3. The molecule has 2 nitrogen and oxygen atoms in total. The third-order valence-corrected chi connectivity index (χ3v) is 1.69. The van der Waals surface area contributed by atoms with Gasteiger partial charge in [-0.25, -0.2) is 0 Å². The van der Waals surface area contributed by atoms with Crippen molar-refractivity contribution < 1.29 is 0 Å². The van der Waals surface area contributed by atoms with E-state index in [4.69, 9.17) is 11.5 Å². The van der Waals surface area contributed by atoms with Crippen LogP contribution in [0.1, 0.15) is 39.0 Å². The second-order valence-corrected chi connectivity index (χ2v) is 3.10. The van der Waals surface area contributed by atoms with Crippen molar-refractivity contribution in [2.75, 3.05) is 0 Å². The predicted octanol–water partition coefficient (Wildman–Crippen LogP) is 2.27. The molecule has 12 heavy (non-hydrogen) atoms. The second kappa shape index (κ2) is 6.77. The zero-order chi connectivity index (χ0) is 9.40. The highest BCUT2D eigenvalue weighted by Crippen LogP contribution is 2.06. The van der Waals surface area contributed by atoms with E-state index in [-0.39, 0.29) is 0 Å². The molecule has 0 unspecified atom stereocenters. The van der Waals surface area contributed by atoms with Gasteiger partial charge in [0.1, 0.15) is 0 Å². The summed E-state index contributed by atoms with van der Waals surface area (Å²) in [4.78, 5) is 0. The molecule has 0 heterocycles. The molecule has 70 valence electrons. The van der Waals surface area contributed by atoms with Crippen LogP contribution >= 0.6 is 0 Å². The van der Waals surface area contributed by atoms with Crippen LogP contribution in [-0.4, -0.2) is 0 Å². The predicted molar refractivity (Wildman–Crippen MR) is 54.4 cm³/mol. The average molecular weight is 168 g/mol. The smallest absolute Gasteiger partial charge is 0.0258 e.